The third-order valence-corrected chi connectivity index (χ3v) is 6.81. The van der Waals surface area contributed by atoms with Crippen molar-refractivity contribution in [2.24, 2.45) is 0 Å². The van der Waals surface area contributed by atoms with E-state index in [1.807, 2.05) is 44.2 Å². The monoisotopic (exact) mass is 404 g/mol. The lowest BCUT2D eigenvalue weighted by molar-refractivity contribution is -0.124. The summed E-state index contributed by atoms with van der Waals surface area (Å²) < 4.78 is 33.1. The first-order valence-electron chi connectivity index (χ1n) is 9.79. The molecule has 0 aromatic heterocycles. The molecular formula is C21H28N2O4S. The van der Waals surface area contributed by atoms with Crippen LogP contribution in [-0.4, -0.2) is 50.5 Å². The minimum Gasteiger partial charge on any atom is -0.379 e. The molecule has 2 aromatic carbocycles. The zero-order valence-electron chi connectivity index (χ0n) is 16.4. The van der Waals surface area contributed by atoms with Crippen molar-refractivity contribution in [2.75, 3.05) is 19.7 Å². The summed E-state index contributed by atoms with van der Waals surface area (Å²) in [6.45, 7) is 5.34. The molecule has 1 N–H and O–H groups in total. The molecular weight excluding hydrogens is 376 g/mol. The number of hydrogen-bond donors (Lipinski definition) is 1. The molecule has 0 unspecified atom stereocenters. The van der Waals surface area contributed by atoms with E-state index in [2.05, 4.69) is 5.32 Å². The number of carbonyl (C=O) groups is 1. The van der Waals surface area contributed by atoms with Crippen LogP contribution in [0.3, 0.4) is 0 Å². The lowest BCUT2D eigenvalue weighted by atomic mass is 10.1. The Bertz CT molecular complexity index is 927. The van der Waals surface area contributed by atoms with Crippen LogP contribution in [0.25, 0.3) is 10.8 Å². The Balaban J connectivity index is 1.69. The Kier molecular flexibility index (Phi) is 6.69. The summed E-state index contributed by atoms with van der Waals surface area (Å²) in [4.78, 5) is 12.8. The number of fused-ring (bicyclic) bond motifs is 1. The predicted octanol–water partition coefficient (Wildman–Crippen LogP) is 2.92. The van der Waals surface area contributed by atoms with Crippen LogP contribution in [0.15, 0.2) is 47.4 Å². The smallest absolute Gasteiger partial charge is 0.243 e. The Hall–Kier alpha value is -1.96. The van der Waals surface area contributed by atoms with Gasteiger partial charge in [-0.3, -0.25) is 4.79 Å². The third-order valence-electron chi connectivity index (χ3n) is 4.91. The minimum atomic E-state index is -3.72. The van der Waals surface area contributed by atoms with Crippen molar-refractivity contribution in [1.82, 2.24) is 9.62 Å². The van der Waals surface area contributed by atoms with Crippen molar-refractivity contribution < 1.29 is 17.9 Å². The van der Waals surface area contributed by atoms with Crippen LogP contribution < -0.4 is 5.32 Å². The van der Waals surface area contributed by atoms with Crippen LogP contribution in [0.4, 0.5) is 0 Å². The van der Waals surface area contributed by atoms with E-state index in [0.29, 0.717) is 39.0 Å². The van der Waals surface area contributed by atoms with Crippen molar-refractivity contribution in [3.8, 4) is 0 Å². The van der Waals surface area contributed by atoms with Gasteiger partial charge in [0.05, 0.1) is 11.0 Å². The number of nitrogens with zero attached hydrogens (tertiary/aromatic N) is 1. The van der Waals surface area contributed by atoms with Gasteiger partial charge in [-0.1, -0.05) is 30.3 Å². The standard InChI is InChI=1S/C21H28N2O4S/c1-16(2)27-14-6-12-22-21(24)20-9-5-13-23(20)28(25,26)19-11-10-17-7-3-4-8-18(17)15-19/h3-4,7-8,10-11,15-16,20H,5-6,9,12-14H2,1-2H3,(H,22,24)/t20-/m1/s1. The molecule has 1 atom stereocenters. The fourth-order valence-electron chi connectivity index (χ4n) is 3.47. The molecule has 1 saturated heterocycles. The molecule has 1 heterocycles. The minimum absolute atomic E-state index is 0.160. The fourth-order valence-corrected chi connectivity index (χ4v) is 5.17. The topological polar surface area (TPSA) is 75.7 Å². The summed E-state index contributed by atoms with van der Waals surface area (Å²) in [5, 5.41) is 4.71. The largest absolute Gasteiger partial charge is 0.379 e. The summed E-state index contributed by atoms with van der Waals surface area (Å²) >= 11 is 0. The highest BCUT2D eigenvalue weighted by molar-refractivity contribution is 7.89. The summed E-state index contributed by atoms with van der Waals surface area (Å²) in [5.74, 6) is -0.230. The SMILES string of the molecule is CC(C)OCCCNC(=O)[C@H]1CCCN1S(=O)(=O)c1ccc2ccccc2c1. The second-order valence-electron chi connectivity index (χ2n) is 7.35. The first kappa shape index (κ1) is 20.8. The average molecular weight is 405 g/mol. The number of ether oxygens (including phenoxy) is 1. The van der Waals surface area contributed by atoms with Crippen molar-refractivity contribution in [1.29, 1.82) is 0 Å². The zero-order chi connectivity index (χ0) is 20.1. The predicted molar refractivity (Wildman–Crippen MR) is 110 cm³/mol. The number of hydrogen-bond acceptors (Lipinski definition) is 4. The Morgan fingerprint density at radius 1 is 1.21 bits per heavy atom. The molecule has 2 aromatic rings. The number of amides is 1. The molecule has 6 nitrogen and oxygen atoms in total. The molecule has 1 aliphatic heterocycles. The fraction of sp³-hybridized carbons (Fsp3) is 0.476. The number of nitrogens with one attached hydrogen (secondary N) is 1. The van der Waals surface area contributed by atoms with Gasteiger partial charge >= 0.3 is 0 Å². The van der Waals surface area contributed by atoms with Crippen LogP contribution in [0.1, 0.15) is 33.1 Å². The van der Waals surface area contributed by atoms with E-state index in [-0.39, 0.29) is 16.9 Å². The molecule has 0 saturated carbocycles. The number of sulfonamides is 1. The normalized spacial score (nSPS) is 18.0. The Labute approximate surface area is 166 Å². The van der Waals surface area contributed by atoms with Gasteiger partial charge in [0.2, 0.25) is 15.9 Å². The lowest BCUT2D eigenvalue weighted by Crippen LogP contribution is -2.46. The van der Waals surface area contributed by atoms with E-state index in [9.17, 15) is 13.2 Å². The Morgan fingerprint density at radius 3 is 2.71 bits per heavy atom. The molecule has 7 heteroatoms. The van der Waals surface area contributed by atoms with Crippen LogP contribution in [0.2, 0.25) is 0 Å². The number of benzene rings is 2. The molecule has 0 aliphatic carbocycles. The van der Waals surface area contributed by atoms with E-state index in [1.165, 1.54) is 4.31 Å². The average Bonchev–Trinajstić information content (AvgIpc) is 3.18. The van der Waals surface area contributed by atoms with Crippen molar-refractivity contribution >= 4 is 26.7 Å². The third kappa shape index (κ3) is 4.71. The van der Waals surface area contributed by atoms with Gasteiger partial charge in [-0.05, 0) is 56.0 Å². The molecule has 1 amide bonds. The maximum absolute atomic E-state index is 13.2. The van der Waals surface area contributed by atoms with Crippen LogP contribution in [-0.2, 0) is 19.6 Å². The second kappa shape index (κ2) is 9.03. The van der Waals surface area contributed by atoms with Gasteiger partial charge in [0.1, 0.15) is 6.04 Å². The lowest BCUT2D eigenvalue weighted by Gasteiger charge is -2.23. The maximum atomic E-state index is 13.2. The molecule has 0 radical (unpaired) electrons. The van der Waals surface area contributed by atoms with E-state index in [1.54, 1.807) is 12.1 Å². The van der Waals surface area contributed by atoms with Crippen molar-refractivity contribution in [2.45, 2.75) is 50.2 Å². The van der Waals surface area contributed by atoms with Crippen molar-refractivity contribution in [3.63, 3.8) is 0 Å². The molecule has 28 heavy (non-hydrogen) atoms. The quantitative estimate of drug-likeness (QED) is 0.687. The van der Waals surface area contributed by atoms with Gasteiger partial charge in [0, 0.05) is 19.7 Å². The summed E-state index contributed by atoms with van der Waals surface area (Å²) in [5.41, 5.74) is 0. The van der Waals surface area contributed by atoms with Gasteiger partial charge < -0.3 is 10.1 Å². The molecule has 1 aliphatic rings. The van der Waals surface area contributed by atoms with Gasteiger partial charge in [0.15, 0.2) is 0 Å². The molecule has 0 spiro atoms. The van der Waals surface area contributed by atoms with E-state index >= 15 is 0 Å². The Morgan fingerprint density at radius 2 is 1.96 bits per heavy atom. The summed E-state index contributed by atoms with van der Waals surface area (Å²) in [6.07, 6.45) is 2.09. The second-order valence-corrected chi connectivity index (χ2v) is 9.24. The van der Waals surface area contributed by atoms with Gasteiger partial charge in [-0.2, -0.15) is 4.31 Å². The molecule has 152 valence electrons. The zero-order valence-corrected chi connectivity index (χ0v) is 17.2. The van der Waals surface area contributed by atoms with Gasteiger partial charge in [0.25, 0.3) is 0 Å². The van der Waals surface area contributed by atoms with Crippen LogP contribution in [0, 0.1) is 0 Å². The molecule has 1 fully saturated rings. The highest BCUT2D eigenvalue weighted by atomic mass is 32.2. The van der Waals surface area contributed by atoms with Crippen LogP contribution in [0.5, 0.6) is 0 Å². The van der Waals surface area contributed by atoms with Gasteiger partial charge in [-0.15, -0.1) is 0 Å². The molecule has 3 rings (SSSR count). The van der Waals surface area contributed by atoms with Crippen molar-refractivity contribution in [3.05, 3.63) is 42.5 Å². The maximum Gasteiger partial charge on any atom is 0.243 e. The van der Waals surface area contributed by atoms with Crippen LogP contribution >= 0.6 is 0 Å². The highest BCUT2D eigenvalue weighted by Gasteiger charge is 2.39. The summed E-state index contributed by atoms with van der Waals surface area (Å²) in [6, 6.07) is 12.1. The first-order valence-corrected chi connectivity index (χ1v) is 11.2. The van der Waals surface area contributed by atoms with Gasteiger partial charge in [-0.25, -0.2) is 8.42 Å². The number of carbonyl (C=O) groups excluding carboxylic acids is 1. The number of rotatable bonds is 8. The van der Waals surface area contributed by atoms with E-state index < -0.39 is 16.1 Å². The van der Waals surface area contributed by atoms with E-state index in [4.69, 9.17) is 4.74 Å². The highest BCUT2D eigenvalue weighted by Crippen LogP contribution is 2.28. The molecule has 0 bridgehead atoms. The van der Waals surface area contributed by atoms with E-state index in [0.717, 1.165) is 10.8 Å². The summed E-state index contributed by atoms with van der Waals surface area (Å²) in [7, 11) is -3.72. The first-order chi connectivity index (χ1) is 13.4.